The number of likely N-dealkylation sites (tertiary alicyclic amines) is 1. The first-order valence-electron chi connectivity index (χ1n) is 8.14. The summed E-state index contributed by atoms with van der Waals surface area (Å²) in [6.45, 7) is 1.06. The first kappa shape index (κ1) is 17.4. The van der Waals surface area contributed by atoms with E-state index in [0.717, 1.165) is 0 Å². The highest BCUT2D eigenvalue weighted by atomic mass is 35.5. The Morgan fingerprint density at radius 2 is 1.72 bits per heavy atom. The molecule has 2 aromatic rings. The SMILES string of the molecule is O=C(NC1CCN(C(=O)c2cccc(F)c2)CC1)c1ccc(Cl)cc1. The predicted octanol–water partition coefficient (Wildman–Crippen LogP) is 3.51. The summed E-state index contributed by atoms with van der Waals surface area (Å²) < 4.78 is 13.3. The molecule has 0 aromatic heterocycles. The van der Waals surface area contributed by atoms with Gasteiger partial charge in [0, 0.05) is 35.3 Å². The van der Waals surface area contributed by atoms with Gasteiger partial charge in [0.05, 0.1) is 0 Å². The average Bonchev–Trinajstić information content (AvgIpc) is 2.62. The van der Waals surface area contributed by atoms with Gasteiger partial charge in [0.15, 0.2) is 0 Å². The first-order chi connectivity index (χ1) is 12.0. The van der Waals surface area contributed by atoms with Crippen LogP contribution in [0.25, 0.3) is 0 Å². The van der Waals surface area contributed by atoms with Crippen LogP contribution in [0.2, 0.25) is 5.02 Å². The molecule has 0 atom stereocenters. The summed E-state index contributed by atoms with van der Waals surface area (Å²) in [5.74, 6) is -0.746. The van der Waals surface area contributed by atoms with E-state index in [0.29, 0.717) is 42.1 Å². The third-order valence-corrected chi connectivity index (χ3v) is 4.55. The summed E-state index contributed by atoms with van der Waals surface area (Å²) in [5.41, 5.74) is 0.909. The van der Waals surface area contributed by atoms with Crippen LogP contribution < -0.4 is 5.32 Å². The number of piperidine rings is 1. The van der Waals surface area contributed by atoms with Crippen molar-refractivity contribution in [1.82, 2.24) is 10.2 Å². The number of carbonyl (C=O) groups is 2. The highest BCUT2D eigenvalue weighted by Crippen LogP contribution is 2.16. The number of nitrogens with zero attached hydrogens (tertiary/aromatic N) is 1. The van der Waals surface area contributed by atoms with E-state index in [-0.39, 0.29) is 17.9 Å². The summed E-state index contributed by atoms with van der Waals surface area (Å²) in [4.78, 5) is 26.3. The fourth-order valence-electron chi connectivity index (χ4n) is 2.90. The standard InChI is InChI=1S/C19H18ClFN2O2/c20-15-6-4-13(5-7-15)18(24)22-17-8-10-23(11-9-17)19(25)14-2-1-3-16(21)12-14/h1-7,12,17H,8-11H2,(H,22,24). The number of hydrogen-bond acceptors (Lipinski definition) is 2. The van der Waals surface area contributed by atoms with E-state index >= 15 is 0 Å². The van der Waals surface area contributed by atoms with Crippen LogP contribution in [-0.2, 0) is 0 Å². The van der Waals surface area contributed by atoms with Gasteiger partial charge in [-0.05, 0) is 55.3 Å². The van der Waals surface area contributed by atoms with E-state index in [1.807, 2.05) is 0 Å². The molecule has 1 heterocycles. The Morgan fingerprint density at radius 1 is 1.04 bits per heavy atom. The van der Waals surface area contributed by atoms with Gasteiger partial charge in [-0.3, -0.25) is 9.59 Å². The number of nitrogens with one attached hydrogen (secondary N) is 1. The molecule has 1 aliphatic heterocycles. The Balaban J connectivity index is 1.54. The second-order valence-electron chi connectivity index (χ2n) is 6.06. The van der Waals surface area contributed by atoms with Crippen LogP contribution >= 0.6 is 11.6 Å². The molecule has 1 aliphatic rings. The highest BCUT2D eigenvalue weighted by Gasteiger charge is 2.25. The second kappa shape index (κ2) is 7.66. The smallest absolute Gasteiger partial charge is 0.253 e. The van der Waals surface area contributed by atoms with Crippen molar-refractivity contribution in [3.8, 4) is 0 Å². The van der Waals surface area contributed by atoms with Crippen molar-refractivity contribution in [3.05, 3.63) is 70.5 Å². The number of hydrogen-bond donors (Lipinski definition) is 1. The molecule has 4 nitrogen and oxygen atoms in total. The van der Waals surface area contributed by atoms with Gasteiger partial charge in [-0.25, -0.2) is 4.39 Å². The molecule has 2 amide bonds. The largest absolute Gasteiger partial charge is 0.349 e. The Morgan fingerprint density at radius 3 is 2.36 bits per heavy atom. The van der Waals surface area contributed by atoms with E-state index in [4.69, 9.17) is 11.6 Å². The van der Waals surface area contributed by atoms with Gasteiger partial charge < -0.3 is 10.2 Å². The van der Waals surface area contributed by atoms with Crippen molar-refractivity contribution in [3.63, 3.8) is 0 Å². The molecule has 0 unspecified atom stereocenters. The molecule has 0 aliphatic carbocycles. The van der Waals surface area contributed by atoms with E-state index in [2.05, 4.69) is 5.32 Å². The normalized spacial score (nSPS) is 15.0. The van der Waals surface area contributed by atoms with Crippen molar-refractivity contribution in [2.45, 2.75) is 18.9 Å². The predicted molar refractivity (Wildman–Crippen MR) is 94.2 cm³/mol. The van der Waals surface area contributed by atoms with E-state index in [9.17, 15) is 14.0 Å². The molecule has 1 saturated heterocycles. The Labute approximate surface area is 150 Å². The van der Waals surface area contributed by atoms with Gasteiger partial charge in [0.25, 0.3) is 11.8 Å². The van der Waals surface area contributed by atoms with Gasteiger partial charge in [0.2, 0.25) is 0 Å². The van der Waals surface area contributed by atoms with Crippen LogP contribution in [0.4, 0.5) is 4.39 Å². The lowest BCUT2D eigenvalue weighted by Crippen LogP contribution is -2.46. The lowest BCUT2D eigenvalue weighted by molar-refractivity contribution is 0.0697. The van der Waals surface area contributed by atoms with E-state index < -0.39 is 5.82 Å². The molecule has 1 N–H and O–H groups in total. The zero-order chi connectivity index (χ0) is 17.8. The van der Waals surface area contributed by atoms with Gasteiger partial charge in [-0.15, -0.1) is 0 Å². The maximum Gasteiger partial charge on any atom is 0.253 e. The van der Waals surface area contributed by atoms with Crippen molar-refractivity contribution in [2.75, 3.05) is 13.1 Å². The topological polar surface area (TPSA) is 49.4 Å². The maximum atomic E-state index is 13.3. The zero-order valence-electron chi connectivity index (χ0n) is 13.5. The summed E-state index contributed by atoms with van der Waals surface area (Å²) >= 11 is 5.82. The summed E-state index contributed by atoms with van der Waals surface area (Å²) in [6.07, 6.45) is 1.33. The third-order valence-electron chi connectivity index (χ3n) is 4.30. The van der Waals surface area contributed by atoms with Crippen LogP contribution in [0, 0.1) is 5.82 Å². The summed E-state index contributed by atoms with van der Waals surface area (Å²) in [6, 6.07) is 12.4. The van der Waals surface area contributed by atoms with E-state index in [1.165, 1.54) is 18.2 Å². The van der Waals surface area contributed by atoms with Crippen molar-refractivity contribution >= 4 is 23.4 Å². The molecule has 3 rings (SSSR count). The number of amides is 2. The molecule has 0 spiro atoms. The van der Waals surface area contributed by atoms with Crippen LogP contribution in [-0.4, -0.2) is 35.8 Å². The Bertz CT molecular complexity index is 771. The number of halogens is 2. The van der Waals surface area contributed by atoms with Crippen LogP contribution in [0.3, 0.4) is 0 Å². The minimum atomic E-state index is -0.420. The summed E-state index contributed by atoms with van der Waals surface area (Å²) in [7, 11) is 0. The molecule has 0 bridgehead atoms. The molecule has 6 heteroatoms. The van der Waals surface area contributed by atoms with Crippen LogP contribution in [0.5, 0.6) is 0 Å². The van der Waals surface area contributed by atoms with Gasteiger partial charge in [0.1, 0.15) is 5.82 Å². The lowest BCUT2D eigenvalue weighted by Gasteiger charge is -2.32. The lowest BCUT2D eigenvalue weighted by atomic mass is 10.0. The van der Waals surface area contributed by atoms with Crippen LogP contribution in [0.15, 0.2) is 48.5 Å². The molecule has 25 heavy (non-hydrogen) atoms. The average molecular weight is 361 g/mol. The monoisotopic (exact) mass is 360 g/mol. The molecule has 1 fully saturated rings. The maximum absolute atomic E-state index is 13.3. The molecule has 0 saturated carbocycles. The second-order valence-corrected chi connectivity index (χ2v) is 6.49. The minimum absolute atomic E-state index is 0.0136. The van der Waals surface area contributed by atoms with Crippen molar-refractivity contribution < 1.29 is 14.0 Å². The number of rotatable bonds is 3. The Hall–Kier alpha value is -2.40. The fraction of sp³-hybridized carbons (Fsp3) is 0.263. The zero-order valence-corrected chi connectivity index (χ0v) is 14.3. The third kappa shape index (κ3) is 4.37. The van der Waals surface area contributed by atoms with Crippen molar-refractivity contribution in [2.24, 2.45) is 0 Å². The molecular weight excluding hydrogens is 343 g/mol. The van der Waals surface area contributed by atoms with Crippen molar-refractivity contribution in [1.29, 1.82) is 0 Å². The van der Waals surface area contributed by atoms with Gasteiger partial charge in [-0.1, -0.05) is 17.7 Å². The quantitative estimate of drug-likeness (QED) is 0.910. The van der Waals surface area contributed by atoms with E-state index in [1.54, 1.807) is 35.2 Å². The Kier molecular flexibility index (Phi) is 5.34. The molecule has 2 aromatic carbocycles. The molecule has 130 valence electrons. The fourth-order valence-corrected chi connectivity index (χ4v) is 3.03. The molecular formula is C19H18ClFN2O2. The van der Waals surface area contributed by atoms with Crippen LogP contribution in [0.1, 0.15) is 33.6 Å². The number of carbonyl (C=O) groups excluding carboxylic acids is 2. The first-order valence-corrected chi connectivity index (χ1v) is 8.52. The number of benzene rings is 2. The highest BCUT2D eigenvalue weighted by molar-refractivity contribution is 6.30. The van der Waals surface area contributed by atoms with Gasteiger partial charge >= 0.3 is 0 Å². The minimum Gasteiger partial charge on any atom is -0.349 e. The van der Waals surface area contributed by atoms with Gasteiger partial charge in [-0.2, -0.15) is 0 Å². The molecule has 0 radical (unpaired) electrons. The summed E-state index contributed by atoms with van der Waals surface area (Å²) in [5, 5.41) is 3.57.